The van der Waals surface area contributed by atoms with E-state index in [4.69, 9.17) is 5.73 Å². The molecule has 0 aliphatic rings. The molecule has 1 aromatic rings. The molecule has 0 fully saturated rings. The van der Waals surface area contributed by atoms with E-state index >= 15 is 0 Å². The standard InChI is InChI=1S/C14H27N5/c1-6-19(7-2)13-10-12(16-11(3)17-13)18-14(4,5)8-9-15/h10H,6-9,15H2,1-5H3,(H,16,17,18). The van der Waals surface area contributed by atoms with Gasteiger partial charge in [-0.15, -0.1) is 0 Å². The highest BCUT2D eigenvalue weighted by Gasteiger charge is 2.18. The van der Waals surface area contributed by atoms with E-state index in [1.54, 1.807) is 0 Å². The van der Waals surface area contributed by atoms with Crippen LogP contribution in [0.3, 0.4) is 0 Å². The van der Waals surface area contributed by atoms with E-state index in [9.17, 15) is 0 Å². The van der Waals surface area contributed by atoms with Crippen molar-refractivity contribution in [3.8, 4) is 0 Å². The molecule has 108 valence electrons. The molecule has 5 nitrogen and oxygen atoms in total. The minimum Gasteiger partial charge on any atom is -0.365 e. The number of nitrogens with one attached hydrogen (secondary N) is 1. The zero-order valence-electron chi connectivity index (χ0n) is 12.8. The highest BCUT2D eigenvalue weighted by atomic mass is 15.2. The number of nitrogens with zero attached hydrogens (tertiary/aromatic N) is 3. The van der Waals surface area contributed by atoms with E-state index in [0.29, 0.717) is 6.54 Å². The summed E-state index contributed by atoms with van der Waals surface area (Å²) >= 11 is 0. The molecule has 0 aromatic carbocycles. The summed E-state index contributed by atoms with van der Waals surface area (Å²) in [4.78, 5) is 11.2. The summed E-state index contributed by atoms with van der Waals surface area (Å²) in [6.45, 7) is 13.0. The molecule has 5 heteroatoms. The molecule has 19 heavy (non-hydrogen) atoms. The summed E-state index contributed by atoms with van der Waals surface area (Å²) in [5, 5.41) is 3.45. The van der Waals surface area contributed by atoms with Gasteiger partial charge in [0, 0.05) is 24.7 Å². The van der Waals surface area contributed by atoms with Crippen molar-refractivity contribution in [1.29, 1.82) is 0 Å². The summed E-state index contributed by atoms with van der Waals surface area (Å²) in [6, 6.07) is 2.01. The number of rotatable bonds is 7. The van der Waals surface area contributed by atoms with Crippen LogP contribution in [-0.2, 0) is 0 Å². The lowest BCUT2D eigenvalue weighted by Crippen LogP contribution is -2.34. The second-order valence-electron chi connectivity index (χ2n) is 5.38. The first-order valence-electron chi connectivity index (χ1n) is 7.00. The predicted molar refractivity (Wildman–Crippen MR) is 81.7 cm³/mol. The number of aryl methyl sites for hydroxylation is 1. The number of nitrogens with two attached hydrogens (primary N) is 1. The molecule has 0 saturated carbocycles. The lowest BCUT2D eigenvalue weighted by molar-refractivity contribution is 0.524. The van der Waals surface area contributed by atoms with Crippen molar-refractivity contribution in [1.82, 2.24) is 9.97 Å². The van der Waals surface area contributed by atoms with Crippen molar-refractivity contribution in [3.63, 3.8) is 0 Å². The maximum Gasteiger partial charge on any atom is 0.134 e. The quantitative estimate of drug-likeness (QED) is 0.791. The Balaban J connectivity index is 2.96. The van der Waals surface area contributed by atoms with Gasteiger partial charge in [0.2, 0.25) is 0 Å². The smallest absolute Gasteiger partial charge is 0.134 e. The van der Waals surface area contributed by atoms with Crippen LogP contribution in [-0.4, -0.2) is 35.1 Å². The van der Waals surface area contributed by atoms with E-state index in [-0.39, 0.29) is 5.54 Å². The Morgan fingerprint density at radius 1 is 1.26 bits per heavy atom. The highest BCUT2D eigenvalue weighted by molar-refractivity contribution is 5.50. The first-order chi connectivity index (χ1) is 8.91. The molecular formula is C14H27N5. The van der Waals surface area contributed by atoms with Crippen LogP contribution in [0.25, 0.3) is 0 Å². The second kappa shape index (κ2) is 6.70. The van der Waals surface area contributed by atoms with Gasteiger partial charge >= 0.3 is 0 Å². The van der Waals surface area contributed by atoms with Gasteiger partial charge in [-0.3, -0.25) is 0 Å². The normalized spacial score (nSPS) is 11.5. The maximum atomic E-state index is 5.64. The van der Waals surface area contributed by atoms with Gasteiger partial charge in [0.25, 0.3) is 0 Å². The van der Waals surface area contributed by atoms with Gasteiger partial charge < -0.3 is 16.0 Å². The third-order valence-electron chi connectivity index (χ3n) is 3.15. The van der Waals surface area contributed by atoms with Gasteiger partial charge in [0.1, 0.15) is 17.5 Å². The van der Waals surface area contributed by atoms with Crippen LogP contribution in [0.4, 0.5) is 11.6 Å². The number of hydrogen-bond donors (Lipinski definition) is 2. The van der Waals surface area contributed by atoms with Crippen molar-refractivity contribution in [2.24, 2.45) is 5.73 Å². The van der Waals surface area contributed by atoms with Crippen LogP contribution in [0.15, 0.2) is 6.07 Å². The topological polar surface area (TPSA) is 67.1 Å². The zero-order chi connectivity index (χ0) is 14.5. The molecule has 0 atom stereocenters. The van der Waals surface area contributed by atoms with Gasteiger partial charge in [0.15, 0.2) is 0 Å². The largest absolute Gasteiger partial charge is 0.365 e. The van der Waals surface area contributed by atoms with E-state index in [0.717, 1.165) is 37.0 Å². The summed E-state index contributed by atoms with van der Waals surface area (Å²) in [6.07, 6.45) is 0.899. The third-order valence-corrected chi connectivity index (χ3v) is 3.15. The molecule has 3 N–H and O–H groups in total. The molecule has 0 aliphatic carbocycles. The second-order valence-corrected chi connectivity index (χ2v) is 5.38. The van der Waals surface area contributed by atoms with Crippen molar-refractivity contribution in [2.75, 3.05) is 29.9 Å². The molecule has 0 amide bonds. The average molecular weight is 265 g/mol. The van der Waals surface area contributed by atoms with Crippen molar-refractivity contribution in [2.45, 2.75) is 46.6 Å². The fourth-order valence-electron chi connectivity index (χ4n) is 2.10. The Kier molecular flexibility index (Phi) is 5.54. The molecule has 0 bridgehead atoms. The predicted octanol–water partition coefficient (Wildman–Crippen LogP) is 2.17. The molecule has 0 saturated heterocycles. The highest BCUT2D eigenvalue weighted by Crippen LogP contribution is 2.20. The fourth-order valence-corrected chi connectivity index (χ4v) is 2.10. The van der Waals surface area contributed by atoms with Crippen LogP contribution in [0.1, 0.15) is 39.9 Å². The monoisotopic (exact) mass is 265 g/mol. The Bertz CT molecular complexity index is 399. The molecule has 0 unspecified atom stereocenters. The van der Waals surface area contributed by atoms with Crippen molar-refractivity contribution >= 4 is 11.6 Å². The summed E-state index contributed by atoms with van der Waals surface area (Å²) in [5.74, 6) is 2.63. The van der Waals surface area contributed by atoms with Gasteiger partial charge in [-0.1, -0.05) is 0 Å². The Morgan fingerprint density at radius 2 is 1.89 bits per heavy atom. The number of anilines is 2. The molecule has 0 aliphatic heterocycles. The van der Waals surface area contributed by atoms with Gasteiger partial charge in [-0.2, -0.15) is 0 Å². The lowest BCUT2D eigenvalue weighted by atomic mass is 10.0. The van der Waals surface area contributed by atoms with Crippen molar-refractivity contribution in [3.05, 3.63) is 11.9 Å². The Hall–Kier alpha value is -1.36. The average Bonchev–Trinajstić information content (AvgIpc) is 2.28. The van der Waals surface area contributed by atoms with Crippen LogP contribution in [0.5, 0.6) is 0 Å². The number of aromatic nitrogens is 2. The zero-order valence-corrected chi connectivity index (χ0v) is 12.8. The van der Waals surface area contributed by atoms with Gasteiger partial charge in [-0.05, 0) is 47.6 Å². The van der Waals surface area contributed by atoms with Gasteiger partial charge in [0.05, 0.1) is 0 Å². The minimum atomic E-state index is -0.0595. The van der Waals surface area contributed by atoms with E-state index in [1.165, 1.54) is 0 Å². The van der Waals surface area contributed by atoms with E-state index in [2.05, 4.69) is 47.9 Å². The molecule has 0 radical (unpaired) electrons. The van der Waals surface area contributed by atoms with Crippen LogP contribution < -0.4 is 16.0 Å². The molecular weight excluding hydrogens is 238 g/mol. The van der Waals surface area contributed by atoms with Crippen LogP contribution in [0.2, 0.25) is 0 Å². The summed E-state index contributed by atoms with van der Waals surface area (Å²) in [7, 11) is 0. The minimum absolute atomic E-state index is 0.0595. The van der Waals surface area contributed by atoms with Crippen molar-refractivity contribution < 1.29 is 0 Å². The Labute approximate surface area is 116 Å². The molecule has 1 heterocycles. The summed E-state index contributed by atoms with van der Waals surface area (Å²) in [5.41, 5.74) is 5.58. The lowest BCUT2D eigenvalue weighted by Gasteiger charge is -2.27. The third kappa shape index (κ3) is 4.67. The van der Waals surface area contributed by atoms with Crippen LogP contribution >= 0.6 is 0 Å². The Morgan fingerprint density at radius 3 is 2.42 bits per heavy atom. The molecule has 1 rings (SSSR count). The first kappa shape index (κ1) is 15.7. The van der Waals surface area contributed by atoms with Crippen LogP contribution in [0, 0.1) is 6.92 Å². The first-order valence-corrected chi connectivity index (χ1v) is 7.00. The SMILES string of the molecule is CCN(CC)c1cc(NC(C)(C)CCN)nc(C)n1. The molecule has 1 aromatic heterocycles. The van der Waals surface area contributed by atoms with Gasteiger partial charge in [-0.25, -0.2) is 9.97 Å². The molecule has 0 spiro atoms. The summed E-state index contributed by atoms with van der Waals surface area (Å²) < 4.78 is 0. The maximum absolute atomic E-state index is 5.64. The fraction of sp³-hybridized carbons (Fsp3) is 0.714. The van der Waals surface area contributed by atoms with E-state index < -0.39 is 0 Å². The van der Waals surface area contributed by atoms with E-state index in [1.807, 2.05) is 13.0 Å². The number of hydrogen-bond acceptors (Lipinski definition) is 5.